The molecule has 0 aliphatic carbocycles. The molecule has 0 bridgehead atoms. The predicted octanol–water partition coefficient (Wildman–Crippen LogP) is 1.86. The first kappa shape index (κ1) is 15.2. The first-order valence-electron chi connectivity index (χ1n) is 6.09. The van der Waals surface area contributed by atoms with E-state index in [1.165, 1.54) is 6.07 Å². The van der Waals surface area contributed by atoms with Crippen molar-refractivity contribution in [2.24, 2.45) is 0 Å². The molecule has 0 saturated carbocycles. The first-order chi connectivity index (χ1) is 8.82. The number of rotatable bonds is 6. The number of halogens is 1. The Kier molecular flexibility index (Phi) is 5.11. The topological polar surface area (TPSA) is 78.6 Å². The summed E-state index contributed by atoms with van der Waals surface area (Å²) in [6.07, 6.45) is 0. The van der Waals surface area contributed by atoms with Gasteiger partial charge in [-0.2, -0.15) is 0 Å². The number of nitrogens with zero attached hydrogens (tertiary/aromatic N) is 1. The second kappa shape index (κ2) is 6.38. The molecule has 4 N–H and O–H groups in total. The van der Waals surface area contributed by atoms with Crippen LogP contribution in [0.25, 0.3) is 0 Å². The van der Waals surface area contributed by atoms with Crippen molar-refractivity contribution >= 4 is 17.3 Å². The van der Waals surface area contributed by atoms with Gasteiger partial charge in [-0.05, 0) is 33.0 Å². The average molecular weight is 269 g/mol. The normalized spacial score (nSPS) is 11.1. The molecule has 1 aromatic carbocycles. The maximum absolute atomic E-state index is 13.6. The fourth-order valence-electron chi connectivity index (χ4n) is 1.53. The lowest BCUT2D eigenvalue weighted by molar-refractivity contribution is 0.0698. The lowest BCUT2D eigenvalue weighted by Crippen LogP contribution is -2.31. The van der Waals surface area contributed by atoms with E-state index < -0.39 is 11.8 Å². The average Bonchev–Trinajstić information content (AvgIpc) is 2.30. The van der Waals surface area contributed by atoms with Gasteiger partial charge < -0.3 is 21.1 Å². The molecule has 0 heterocycles. The highest BCUT2D eigenvalue weighted by Gasteiger charge is 2.13. The van der Waals surface area contributed by atoms with Gasteiger partial charge in [0.1, 0.15) is 5.82 Å². The molecule has 1 aromatic rings. The smallest absolute Gasteiger partial charge is 0.337 e. The quantitative estimate of drug-likeness (QED) is 0.687. The molecule has 5 nitrogen and oxygen atoms in total. The third kappa shape index (κ3) is 4.10. The Morgan fingerprint density at radius 2 is 2.16 bits per heavy atom. The van der Waals surface area contributed by atoms with Gasteiger partial charge in [0.15, 0.2) is 0 Å². The van der Waals surface area contributed by atoms with Gasteiger partial charge in [-0.3, -0.25) is 0 Å². The van der Waals surface area contributed by atoms with Crippen LogP contribution in [0.4, 0.5) is 15.8 Å². The molecule has 0 amide bonds. The van der Waals surface area contributed by atoms with Gasteiger partial charge >= 0.3 is 5.97 Å². The summed E-state index contributed by atoms with van der Waals surface area (Å²) >= 11 is 0. The lowest BCUT2D eigenvalue weighted by Gasteiger charge is -2.21. The number of hydrogen-bond acceptors (Lipinski definition) is 4. The zero-order chi connectivity index (χ0) is 14.6. The van der Waals surface area contributed by atoms with E-state index in [-0.39, 0.29) is 16.9 Å². The zero-order valence-electron chi connectivity index (χ0n) is 11.4. The summed E-state index contributed by atoms with van der Waals surface area (Å²) < 4.78 is 13.6. The molecule has 0 atom stereocenters. The molecular weight excluding hydrogens is 249 g/mol. The zero-order valence-corrected chi connectivity index (χ0v) is 11.4. The van der Waals surface area contributed by atoms with E-state index in [9.17, 15) is 9.18 Å². The highest BCUT2D eigenvalue weighted by molar-refractivity contribution is 5.94. The van der Waals surface area contributed by atoms with Crippen LogP contribution in [-0.4, -0.2) is 42.2 Å². The van der Waals surface area contributed by atoms with E-state index in [1.807, 2.05) is 7.05 Å². The van der Waals surface area contributed by atoms with Crippen molar-refractivity contribution in [3.05, 3.63) is 23.5 Å². The molecule has 0 aromatic heterocycles. The van der Waals surface area contributed by atoms with E-state index >= 15 is 0 Å². The summed E-state index contributed by atoms with van der Waals surface area (Å²) in [6, 6.07) is 2.65. The van der Waals surface area contributed by atoms with Crippen LogP contribution in [-0.2, 0) is 0 Å². The maximum Gasteiger partial charge on any atom is 0.337 e. The van der Waals surface area contributed by atoms with Crippen LogP contribution >= 0.6 is 0 Å². The fourth-order valence-corrected chi connectivity index (χ4v) is 1.53. The van der Waals surface area contributed by atoms with Crippen molar-refractivity contribution in [3.63, 3.8) is 0 Å². The Labute approximate surface area is 112 Å². The van der Waals surface area contributed by atoms with Crippen molar-refractivity contribution < 1.29 is 14.3 Å². The number of nitrogens with one attached hydrogen (secondary N) is 1. The van der Waals surface area contributed by atoms with Crippen molar-refractivity contribution in [1.82, 2.24) is 4.90 Å². The number of nitrogens with two attached hydrogens (primary N) is 1. The Morgan fingerprint density at radius 1 is 1.53 bits per heavy atom. The highest BCUT2D eigenvalue weighted by Crippen LogP contribution is 2.22. The monoisotopic (exact) mass is 269 g/mol. The van der Waals surface area contributed by atoms with Gasteiger partial charge in [0, 0.05) is 24.8 Å². The number of likely N-dealkylation sites (N-methyl/N-ethyl adjacent to an activating group) is 1. The molecule has 0 radical (unpaired) electrons. The predicted molar refractivity (Wildman–Crippen MR) is 74.0 cm³/mol. The summed E-state index contributed by atoms with van der Waals surface area (Å²) in [5.74, 6) is -1.71. The lowest BCUT2D eigenvalue weighted by atomic mass is 10.1. The van der Waals surface area contributed by atoms with Crippen LogP contribution in [0.3, 0.4) is 0 Å². The van der Waals surface area contributed by atoms with Crippen molar-refractivity contribution in [1.29, 1.82) is 0 Å². The minimum absolute atomic E-state index is 0.0742. The molecule has 0 saturated heterocycles. The van der Waals surface area contributed by atoms with Crippen LogP contribution < -0.4 is 11.1 Å². The van der Waals surface area contributed by atoms with E-state index in [4.69, 9.17) is 10.8 Å². The Balaban J connectivity index is 2.73. The number of nitrogen functional groups attached to an aromatic ring is 1. The fraction of sp³-hybridized carbons (Fsp3) is 0.462. The van der Waals surface area contributed by atoms with Gasteiger partial charge in [-0.1, -0.05) is 0 Å². The number of carbonyl (C=O) groups is 1. The standard InChI is InChI=1S/C13H20FN3O2/c1-8(2)17(3)5-4-16-12-6-9(13(18)19)11(15)7-10(12)14/h6-8,16H,4-5,15H2,1-3H3,(H,18,19). The van der Waals surface area contributed by atoms with Gasteiger partial charge in [0.2, 0.25) is 0 Å². The number of aromatic carboxylic acids is 1. The van der Waals surface area contributed by atoms with Crippen LogP contribution in [0.5, 0.6) is 0 Å². The van der Waals surface area contributed by atoms with Crippen molar-refractivity contribution in [2.45, 2.75) is 19.9 Å². The van der Waals surface area contributed by atoms with Crippen LogP contribution in [0, 0.1) is 5.82 Å². The van der Waals surface area contributed by atoms with Crippen LogP contribution in [0.1, 0.15) is 24.2 Å². The molecule has 0 fully saturated rings. The third-order valence-electron chi connectivity index (χ3n) is 3.03. The molecule has 0 aliphatic rings. The number of benzene rings is 1. The molecule has 106 valence electrons. The summed E-state index contributed by atoms with van der Waals surface area (Å²) in [6.45, 7) is 5.37. The minimum atomic E-state index is -1.17. The number of anilines is 2. The number of hydrogen-bond donors (Lipinski definition) is 3. The molecule has 0 spiro atoms. The van der Waals surface area contributed by atoms with Crippen LogP contribution in [0.15, 0.2) is 12.1 Å². The SMILES string of the molecule is CC(C)N(C)CCNc1cc(C(=O)O)c(N)cc1F. The number of carboxylic acid groups (broad SMARTS) is 1. The molecule has 1 rings (SSSR count). The maximum atomic E-state index is 13.6. The molecule has 19 heavy (non-hydrogen) atoms. The van der Waals surface area contributed by atoms with Gasteiger partial charge in [0.25, 0.3) is 0 Å². The summed E-state index contributed by atoms with van der Waals surface area (Å²) in [7, 11) is 1.97. The molecule has 6 heteroatoms. The van der Waals surface area contributed by atoms with Crippen molar-refractivity contribution in [2.75, 3.05) is 31.2 Å². The number of carboxylic acids is 1. The van der Waals surface area contributed by atoms with Crippen LogP contribution in [0.2, 0.25) is 0 Å². The van der Waals surface area contributed by atoms with Gasteiger partial charge in [-0.25, -0.2) is 9.18 Å². The summed E-state index contributed by atoms with van der Waals surface area (Å²) in [5.41, 5.74) is 5.44. The van der Waals surface area contributed by atoms with E-state index in [2.05, 4.69) is 24.1 Å². The first-order valence-corrected chi connectivity index (χ1v) is 6.09. The third-order valence-corrected chi connectivity index (χ3v) is 3.03. The Hall–Kier alpha value is -1.82. The van der Waals surface area contributed by atoms with E-state index in [0.717, 1.165) is 12.6 Å². The van der Waals surface area contributed by atoms with Gasteiger partial charge in [-0.15, -0.1) is 0 Å². The second-order valence-corrected chi connectivity index (χ2v) is 4.73. The Morgan fingerprint density at radius 3 is 2.68 bits per heavy atom. The molecule has 0 aliphatic heterocycles. The van der Waals surface area contributed by atoms with Crippen molar-refractivity contribution in [3.8, 4) is 0 Å². The highest BCUT2D eigenvalue weighted by atomic mass is 19.1. The van der Waals surface area contributed by atoms with E-state index in [0.29, 0.717) is 12.6 Å². The largest absolute Gasteiger partial charge is 0.478 e. The second-order valence-electron chi connectivity index (χ2n) is 4.73. The molecular formula is C13H20FN3O2. The molecule has 0 unspecified atom stereocenters. The summed E-state index contributed by atoms with van der Waals surface area (Å²) in [4.78, 5) is 13.0. The Bertz CT molecular complexity index is 463. The summed E-state index contributed by atoms with van der Waals surface area (Å²) in [5, 5.41) is 11.8. The van der Waals surface area contributed by atoms with Gasteiger partial charge in [0.05, 0.1) is 11.3 Å². The van der Waals surface area contributed by atoms with E-state index in [1.54, 1.807) is 0 Å². The minimum Gasteiger partial charge on any atom is -0.478 e.